The molecule has 2 fully saturated rings. The minimum Gasteiger partial charge on any atom is -0.488 e. The molecule has 2 aliphatic heterocycles. The molecular formula is C26H22BrNO3S2. The molecule has 33 heavy (non-hydrogen) atoms. The van der Waals surface area contributed by atoms with Gasteiger partial charge < -0.3 is 9.47 Å². The molecule has 0 spiro atoms. The molecule has 1 atom stereocenters. The Morgan fingerprint density at radius 2 is 2.00 bits per heavy atom. The molecule has 4 nitrogen and oxygen atoms in total. The fourth-order valence-electron chi connectivity index (χ4n) is 4.01. The molecule has 7 heteroatoms. The highest BCUT2D eigenvalue weighted by Crippen LogP contribution is 2.35. The van der Waals surface area contributed by atoms with Crippen LogP contribution < -0.4 is 4.74 Å². The number of nitrogens with zero attached hydrogens (tertiary/aromatic N) is 1. The molecular weight excluding hydrogens is 518 g/mol. The second-order valence-electron chi connectivity index (χ2n) is 8.09. The highest BCUT2D eigenvalue weighted by molar-refractivity contribution is 9.10. The second kappa shape index (κ2) is 9.97. The first kappa shape index (κ1) is 22.6. The van der Waals surface area contributed by atoms with Crippen LogP contribution in [-0.2, 0) is 16.1 Å². The molecule has 1 amide bonds. The molecule has 5 rings (SSSR count). The molecule has 3 aromatic carbocycles. The number of ether oxygens (including phenoxy) is 2. The summed E-state index contributed by atoms with van der Waals surface area (Å²) in [6.07, 6.45) is 3.98. The van der Waals surface area contributed by atoms with Crippen molar-refractivity contribution < 1.29 is 14.3 Å². The van der Waals surface area contributed by atoms with Crippen molar-refractivity contribution in [1.82, 2.24) is 4.90 Å². The molecule has 0 radical (unpaired) electrons. The first-order valence-electron chi connectivity index (χ1n) is 10.8. The Hall–Kier alpha value is -2.19. The molecule has 0 unspecified atom stereocenters. The van der Waals surface area contributed by atoms with Gasteiger partial charge in [0, 0.05) is 6.61 Å². The van der Waals surface area contributed by atoms with Gasteiger partial charge in [-0.15, -0.1) is 0 Å². The Morgan fingerprint density at radius 1 is 1.15 bits per heavy atom. The van der Waals surface area contributed by atoms with Gasteiger partial charge in [-0.2, -0.15) is 0 Å². The number of amides is 1. The number of hydrogen-bond donors (Lipinski definition) is 0. The summed E-state index contributed by atoms with van der Waals surface area (Å²) in [5, 5.41) is 2.41. The van der Waals surface area contributed by atoms with E-state index in [1.165, 1.54) is 22.5 Å². The van der Waals surface area contributed by atoms with E-state index in [0.717, 1.165) is 40.8 Å². The Balaban J connectivity index is 1.25. The zero-order valence-electron chi connectivity index (χ0n) is 17.8. The fraction of sp³-hybridized carbons (Fsp3) is 0.231. The van der Waals surface area contributed by atoms with Crippen molar-refractivity contribution in [3.05, 3.63) is 81.2 Å². The van der Waals surface area contributed by atoms with Crippen LogP contribution in [0.25, 0.3) is 16.8 Å². The van der Waals surface area contributed by atoms with Crippen molar-refractivity contribution in [2.75, 3.05) is 13.2 Å². The molecule has 2 heterocycles. The van der Waals surface area contributed by atoms with Gasteiger partial charge in [0.1, 0.15) is 16.7 Å². The number of benzene rings is 3. The van der Waals surface area contributed by atoms with Crippen LogP contribution in [0.5, 0.6) is 5.75 Å². The smallest absolute Gasteiger partial charge is 0.266 e. The number of carbonyl (C=O) groups is 1. The molecule has 3 aromatic rings. The van der Waals surface area contributed by atoms with Crippen molar-refractivity contribution in [2.24, 2.45) is 0 Å². The summed E-state index contributed by atoms with van der Waals surface area (Å²) < 4.78 is 13.1. The second-order valence-corrected chi connectivity index (χ2v) is 10.6. The van der Waals surface area contributed by atoms with Crippen LogP contribution in [0.2, 0.25) is 0 Å². The Bertz CT molecular complexity index is 1250. The van der Waals surface area contributed by atoms with Crippen molar-refractivity contribution >= 4 is 67.0 Å². The fourth-order valence-corrected chi connectivity index (χ4v) is 5.80. The van der Waals surface area contributed by atoms with Crippen molar-refractivity contribution in [1.29, 1.82) is 0 Å². The maximum atomic E-state index is 12.9. The van der Waals surface area contributed by atoms with Gasteiger partial charge in [-0.25, -0.2) is 0 Å². The van der Waals surface area contributed by atoms with Crippen molar-refractivity contribution in [3.8, 4) is 5.75 Å². The van der Waals surface area contributed by atoms with Crippen molar-refractivity contribution in [2.45, 2.75) is 25.6 Å². The third-order valence-electron chi connectivity index (χ3n) is 5.75. The van der Waals surface area contributed by atoms with Crippen LogP contribution in [0.1, 0.15) is 24.0 Å². The van der Waals surface area contributed by atoms with E-state index in [1.807, 2.05) is 36.4 Å². The highest BCUT2D eigenvalue weighted by Gasteiger charge is 2.34. The summed E-state index contributed by atoms with van der Waals surface area (Å²) in [5.41, 5.74) is 2.03. The monoisotopic (exact) mass is 539 g/mol. The van der Waals surface area contributed by atoms with E-state index in [-0.39, 0.29) is 12.0 Å². The first-order chi connectivity index (χ1) is 16.1. The lowest BCUT2D eigenvalue weighted by Crippen LogP contribution is -2.35. The van der Waals surface area contributed by atoms with Crippen LogP contribution >= 0.6 is 39.9 Å². The van der Waals surface area contributed by atoms with Gasteiger partial charge in [0.05, 0.1) is 22.0 Å². The zero-order valence-corrected chi connectivity index (χ0v) is 21.0. The number of halogens is 1. The lowest BCUT2D eigenvalue weighted by molar-refractivity contribution is -0.123. The molecule has 168 valence electrons. The van der Waals surface area contributed by atoms with Gasteiger partial charge in [-0.1, -0.05) is 66.4 Å². The van der Waals surface area contributed by atoms with Gasteiger partial charge in [0.25, 0.3) is 5.91 Å². The normalized spacial score (nSPS) is 19.7. The summed E-state index contributed by atoms with van der Waals surface area (Å²) in [6.45, 7) is 1.77. The third kappa shape index (κ3) is 5.17. The summed E-state index contributed by atoms with van der Waals surface area (Å²) in [5.74, 6) is 0.708. The van der Waals surface area contributed by atoms with E-state index >= 15 is 0 Å². The molecule has 0 saturated carbocycles. The summed E-state index contributed by atoms with van der Waals surface area (Å²) >= 11 is 10.4. The van der Waals surface area contributed by atoms with Gasteiger partial charge in [0.2, 0.25) is 0 Å². The maximum Gasteiger partial charge on any atom is 0.266 e. The standard InChI is InChI=1S/C26H22BrNO3S2/c27-22-13-17(14-24-25(29)28(26(32)33-24)15-21-6-3-11-30-21)8-10-23(22)31-16-18-7-9-19-4-1-2-5-20(19)12-18/h1-2,4-5,7-10,12-14,21H,3,6,11,15-16H2/b24-14-/t21-/m1/s1. The topological polar surface area (TPSA) is 38.8 Å². The largest absolute Gasteiger partial charge is 0.488 e. The van der Waals surface area contributed by atoms with E-state index in [0.29, 0.717) is 22.4 Å². The molecule has 0 aromatic heterocycles. The highest BCUT2D eigenvalue weighted by atomic mass is 79.9. The molecule has 2 saturated heterocycles. The lowest BCUT2D eigenvalue weighted by atomic mass is 10.1. The van der Waals surface area contributed by atoms with Gasteiger partial charge >= 0.3 is 0 Å². The van der Waals surface area contributed by atoms with Crippen LogP contribution in [0.3, 0.4) is 0 Å². The maximum absolute atomic E-state index is 12.9. The van der Waals surface area contributed by atoms with Crippen LogP contribution in [0.4, 0.5) is 0 Å². The van der Waals surface area contributed by atoms with E-state index in [9.17, 15) is 4.79 Å². The average molecular weight is 541 g/mol. The molecule has 0 aliphatic carbocycles. The summed E-state index contributed by atoms with van der Waals surface area (Å²) in [4.78, 5) is 15.2. The Labute approximate surface area is 211 Å². The Kier molecular flexibility index (Phi) is 6.83. The predicted molar refractivity (Wildman–Crippen MR) is 141 cm³/mol. The quantitative estimate of drug-likeness (QED) is 0.262. The Morgan fingerprint density at radius 3 is 2.79 bits per heavy atom. The number of thioether (sulfide) groups is 1. The third-order valence-corrected chi connectivity index (χ3v) is 7.74. The summed E-state index contributed by atoms with van der Waals surface area (Å²) in [6, 6.07) is 20.5. The number of fused-ring (bicyclic) bond motifs is 1. The van der Waals surface area contributed by atoms with Crippen molar-refractivity contribution in [3.63, 3.8) is 0 Å². The van der Waals surface area contributed by atoms with Crippen LogP contribution in [0.15, 0.2) is 70.0 Å². The van der Waals surface area contributed by atoms with Crippen LogP contribution in [0, 0.1) is 0 Å². The minimum atomic E-state index is -0.0479. The van der Waals surface area contributed by atoms with Gasteiger partial charge in [-0.05, 0) is 74.9 Å². The number of hydrogen-bond acceptors (Lipinski definition) is 5. The number of carbonyl (C=O) groups excluding carboxylic acids is 1. The van der Waals surface area contributed by atoms with Crippen LogP contribution in [-0.4, -0.2) is 34.4 Å². The van der Waals surface area contributed by atoms with Gasteiger partial charge in [-0.3, -0.25) is 9.69 Å². The van der Waals surface area contributed by atoms with E-state index in [2.05, 4.69) is 46.3 Å². The van der Waals surface area contributed by atoms with Gasteiger partial charge in [0.15, 0.2) is 0 Å². The number of rotatable bonds is 6. The van der Waals surface area contributed by atoms with E-state index in [1.54, 1.807) is 4.90 Å². The first-order valence-corrected chi connectivity index (χ1v) is 12.9. The SMILES string of the molecule is O=C1/C(=C/c2ccc(OCc3ccc4ccccc4c3)c(Br)c2)SC(=S)N1C[C@H]1CCCO1. The summed E-state index contributed by atoms with van der Waals surface area (Å²) in [7, 11) is 0. The molecule has 0 bridgehead atoms. The van der Waals surface area contributed by atoms with E-state index < -0.39 is 0 Å². The molecule has 2 aliphatic rings. The zero-order chi connectivity index (χ0) is 22.8. The van der Waals surface area contributed by atoms with E-state index in [4.69, 9.17) is 21.7 Å². The molecule has 0 N–H and O–H groups in total. The lowest BCUT2D eigenvalue weighted by Gasteiger charge is -2.18. The predicted octanol–water partition coefficient (Wildman–Crippen LogP) is 6.56. The average Bonchev–Trinajstić information content (AvgIpc) is 3.42. The minimum absolute atomic E-state index is 0.0479. The number of thiocarbonyl (C=S) groups is 1.